The second-order valence-electron chi connectivity index (χ2n) is 8.96. The molecule has 0 aliphatic carbocycles. The van der Waals surface area contributed by atoms with Crippen LogP contribution in [-0.2, 0) is 20.4 Å². The molecule has 2 aromatic rings. The Kier molecular flexibility index (Phi) is 6.74. The minimum atomic E-state index is -4.47. The van der Waals surface area contributed by atoms with Crippen LogP contribution < -0.4 is 10.2 Å². The number of ether oxygens (including phenoxy) is 2. The highest BCUT2D eigenvalue weighted by Crippen LogP contribution is 2.33. The van der Waals surface area contributed by atoms with Crippen LogP contribution in [-0.4, -0.2) is 78.4 Å². The van der Waals surface area contributed by atoms with Gasteiger partial charge < -0.3 is 24.6 Å². The molecule has 3 aliphatic heterocycles. The van der Waals surface area contributed by atoms with Gasteiger partial charge in [0.05, 0.1) is 30.4 Å². The predicted molar refractivity (Wildman–Crippen MR) is 120 cm³/mol. The van der Waals surface area contributed by atoms with Crippen LogP contribution in [0.4, 0.5) is 30.8 Å². The summed E-state index contributed by atoms with van der Waals surface area (Å²) in [6.07, 6.45) is -1.75. The molecule has 3 fully saturated rings. The number of carbonyl (C=O) groups is 1. The van der Waals surface area contributed by atoms with Crippen LogP contribution in [0.3, 0.4) is 0 Å². The van der Waals surface area contributed by atoms with E-state index < -0.39 is 11.7 Å². The van der Waals surface area contributed by atoms with Crippen molar-refractivity contribution in [3.05, 3.63) is 35.7 Å². The third kappa shape index (κ3) is 5.48. The van der Waals surface area contributed by atoms with Gasteiger partial charge in [-0.05, 0) is 25.0 Å². The average molecular weight is 493 g/mol. The van der Waals surface area contributed by atoms with Gasteiger partial charge in [-0.25, -0.2) is 9.97 Å². The molecule has 0 unspecified atom stereocenters. The number of pyridine rings is 1. The van der Waals surface area contributed by atoms with Crippen molar-refractivity contribution in [2.24, 2.45) is 5.92 Å². The fourth-order valence-electron chi connectivity index (χ4n) is 4.51. The highest BCUT2D eigenvalue weighted by atomic mass is 19.4. The molecule has 5 heterocycles. The maximum atomic E-state index is 13.1. The summed E-state index contributed by atoms with van der Waals surface area (Å²) in [7, 11) is 0. The second kappa shape index (κ2) is 9.94. The molecule has 35 heavy (non-hydrogen) atoms. The SMILES string of the molecule is O=C(C1CN(c2nc(Nc3cc(C(F)(F)F)ccn3)cc(C3CCOCC3)n2)C1)N1CCOCC1. The third-order valence-electron chi connectivity index (χ3n) is 6.55. The number of aromatic nitrogens is 3. The Hall–Kier alpha value is -2.99. The minimum Gasteiger partial charge on any atom is -0.381 e. The number of hydrogen-bond donors (Lipinski definition) is 1. The highest BCUT2D eigenvalue weighted by molar-refractivity contribution is 5.82. The maximum Gasteiger partial charge on any atom is 0.416 e. The molecule has 0 radical (unpaired) electrons. The van der Waals surface area contributed by atoms with Gasteiger partial charge in [0, 0.05) is 57.6 Å². The Morgan fingerprint density at radius 3 is 2.43 bits per heavy atom. The first-order chi connectivity index (χ1) is 16.9. The number of rotatable bonds is 5. The lowest BCUT2D eigenvalue weighted by atomic mass is 9.96. The predicted octanol–water partition coefficient (Wildman–Crippen LogP) is 2.82. The second-order valence-corrected chi connectivity index (χ2v) is 8.96. The number of morpholine rings is 1. The van der Waals surface area contributed by atoms with Crippen molar-refractivity contribution in [2.45, 2.75) is 24.9 Å². The van der Waals surface area contributed by atoms with Crippen molar-refractivity contribution in [1.29, 1.82) is 0 Å². The van der Waals surface area contributed by atoms with E-state index in [-0.39, 0.29) is 23.6 Å². The molecule has 0 atom stereocenters. The first-order valence-corrected chi connectivity index (χ1v) is 11.8. The molecular weight excluding hydrogens is 465 g/mol. The zero-order valence-electron chi connectivity index (χ0n) is 19.1. The summed E-state index contributed by atoms with van der Waals surface area (Å²) in [6.45, 7) is 4.55. The average Bonchev–Trinajstić information content (AvgIpc) is 2.84. The van der Waals surface area contributed by atoms with Crippen molar-refractivity contribution in [1.82, 2.24) is 19.9 Å². The van der Waals surface area contributed by atoms with E-state index >= 15 is 0 Å². The van der Waals surface area contributed by atoms with E-state index in [0.29, 0.717) is 64.4 Å². The number of amides is 1. The lowest BCUT2D eigenvalue weighted by Gasteiger charge is -2.41. The van der Waals surface area contributed by atoms with Crippen LogP contribution in [0.25, 0.3) is 0 Å². The lowest BCUT2D eigenvalue weighted by Crippen LogP contribution is -2.56. The molecule has 188 valence electrons. The van der Waals surface area contributed by atoms with Crippen molar-refractivity contribution < 1.29 is 27.4 Å². The van der Waals surface area contributed by atoms with E-state index in [9.17, 15) is 18.0 Å². The first-order valence-electron chi connectivity index (χ1n) is 11.8. The summed E-state index contributed by atoms with van der Waals surface area (Å²) in [5.41, 5.74) is 0.0110. The molecule has 3 aliphatic rings. The Morgan fingerprint density at radius 2 is 1.71 bits per heavy atom. The molecule has 12 heteroatoms. The number of halogens is 3. The summed E-state index contributed by atoms with van der Waals surface area (Å²) in [6, 6.07) is 3.64. The fraction of sp³-hybridized carbons (Fsp3) is 0.565. The normalized spacial score (nSPS) is 20.0. The summed E-state index contributed by atoms with van der Waals surface area (Å²) < 4.78 is 50.2. The first kappa shape index (κ1) is 23.7. The number of alkyl halides is 3. The van der Waals surface area contributed by atoms with Crippen LogP contribution >= 0.6 is 0 Å². The van der Waals surface area contributed by atoms with Crippen molar-refractivity contribution in [3.63, 3.8) is 0 Å². The zero-order chi connectivity index (χ0) is 24.4. The molecule has 1 amide bonds. The number of anilines is 3. The quantitative estimate of drug-likeness (QED) is 0.681. The molecule has 9 nitrogen and oxygen atoms in total. The van der Waals surface area contributed by atoms with Crippen LogP contribution in [0.5, 0.6) is 0 Å². The Labute approximate surface area is 200 Å². The monoisotopic (exact) mass is 492 g/mol. The molecule has 2 aromatic heterocycles. The Bertz CT molecular complexity index is 1050. The molecular formula is C23H27F3N6O3. The van der Waals surface area contributed by atoms with E-state index in [4.69, 9.17) is 14.5 Å². The highest BCUT2D eigenvalue weighted by Gasteiger charge is 2.38. The molecule has 0 aromatic carbocycles. The number of hydrogen-bond acceptors (Lipinski definition) is 8. The number of nitrogens with zero attached hydrogens (tertiary/aromatic N) is 5. The number of carbonyl (C=O) groups excluding carboxylic acids is 1. The topological polar surface area (TPSA) is 92.7 Å². The summed E-state index contributed by atoms with van der Waals surface area (Å²) in [5.74, 6) is 1.00. The van der Waals surface area contributed by atoms with Crippen LogP contribution in [0.15, 0.2) is 24.4 Å². The van der Waals surface area contributed by atoms with E-state index in [1.54, 1.807) is 6.07 Å². The molecule has 1 N–H and O–H groups in total. The summed E-state index contributed by atoms with van der Waals surface area (Å²) >= 11 is 0. The van der Waals surface area contributed by atoms with Gasteiger partial charge in [-0.15, -0.1) is 0 Å². The van der Waals surface area contributed by atoms with E-state index in [2.05, 4.69) is 15.3 Å². The van der Waals surface area contributed by atoms with Gasteiger partial charge in [-0.1, -0.05) is 0 Å². The molecule has 3 saturated heterocycles. The van der Waals surface area contributed by atoms with Crippen LogP contribution in [0, 0.1) is 5.92 Å². The Balaban J connectivity index is 1.35. The minimum absolute atomic E-state index is 0.0476. The number of nitrogens with one attached hydrogen (secondary N) is 1. The largest absolute Gasteiger partial charge is 0.416 e. The standard InChI is InChI=1S/C23H27F3N6O3/c24-23(25,26)17-1-4-27-19(11-17)29-20-12-18(15-2-7-34-8-3-15)28-22(30-20)32-13-16(14-32)21(33)31-5-9-35-10-6-31/h1,4,11-12,15-16H,2-3,5-10,13-14H2,(H,27,28,29,30). The lowest BCUT2D eigenvalue weighted by molar-refractivity contribution is -0.140. The molecule has 0 saturated carbocycles. The van der Waals surface area contributed by atoms with Crippen molar-refractivity contribution >= 4 is 23.5 Å². The maximum absolute atomic E-state index is 13.1. The summed E-state index contributed by atoms with van der Waals surface area (Å²) in [5, 5.41) is 2.92. The molecule has 0 spiro atoms. The van der Waals surface area contributed by atoms with E-state index in [1.165, 1.54) is 0 Å². The molecule has 5 rings (SSSR count). The van der Waals surface area contributed by atoms with Gasteiger partial charge in [0.1, 0.15) is 11.6 Å². The van der Waals surface area contributed by atoms with Gasteiger partial charge in [0.2, 0.25) is 11.9 Å². The van der Waals surface area contributed by atoms with Crippen LogP contribution in [0.2, 0.25) is 0 Å². The third-order valence-corrected chi connectivity index (χ3v) is 6.55. The zero-order valence-corrected chi connectivity index (χ0v) is 19.1. The van der Waals surface area contributed by atoms with Gasteiger partial charge in [-0.3, -0.25) is 4.79 Å². The van der Waals surface area contributed by atoms with Gasteiger partial charge in [0.25, 0.3) is 0 Å². The van der Waals surface area contributed by atoms with E-state index in [1.807, 2.05) is 9.80 Å². The molecule has 0 bridgehead atoms. The van der Waals surface area contributed by atoms with Crippen molar-refractivity contribution in [3.8, 4) is 0 Å². The Morgan fingerprint density at radius 1 is 1.00 bits per heavy atom. The smallest absolute Gasteiger partial charge is 0.381 e. The van der Waals surface area contributed by atoms with Crippen LogP contribution in [0.1, 0.15) is 30.0 Å². The van der Waals surface area contributed by atoms with E-state index in [0.717, 1.165) is 36.9 Å². The summed E-state index contributed by atoms with van der Waals surface area (Å²) in [4.78, 5) is 29.9. The van der Waals surface area contributed by atoms with Gasteiger partial charge in [-0.2, -0.15) is 18.2 Å². The van der Waals surface area contributed by atoms with Gasteiger partial charge >= 0.3 is 6.18 Å². The van der Waals surface area contributed by atoms with Gasteiger partial charge in [0.15, 0.2) is 0 Å². The van der Waals surface area contributed by atoms with Crippen molar-refractivity contribution in [2.75, 3.05) is 62.8 Å². The fourth-order valence-corrected chi connectivity index (χ4v) is 4.51.